The summed E-state index contributed by atoms with van der Waals surface area (Å²) in [7, 11) is 0. The SMILES string of the molecule is CC(C)(N)CNC(N)=O.Cl. The van der Waals surface area contributed by atoms with E-state index in [2.05, 4.69) is 5.32 Å². The molecule has 0 saturated carbocycles. The molecule has 2 amide bonds. The normalized spacial score (nSPS) is 9.90. The number of nitrogens with one attached hydrogen (secondary N) is 1. The van der Waals surface area contributed by atoms with E-state index in [1.807, 2.05) is 13.8 Å². The summed E-state index contributed by atoms with van der Waals surface area (Å²) >= 11 is 0. The quantitative estimate of drug-likeness (QED) is 0.533. The Morgan fingerprint density at radius 1 is 1.60 bits per heavy atom. The van der Waals surface area contributed by atoms with Crippen LogP contribution in [0.1, 0.15) is 13.8 Å². The smallest absolute Gasteiger partial charge is 0.312 e. The highest BCUT2D eigenvalue weighted by Crippen LogP contribution is 1.91. The Hall–Kier alpha value is -0.480. The number of halogens is 1. The third kappa shape index (κ3) is 10.5. The number of carbonyl (C=O) groups excluding carboxylic acids is 1. The minimum atomic E-state index is -0.534. The fraction of sp³-hybridized carbons (Fsp3) is 0.800. The summed E-state index contributed by atoms with van der Waals surface area (Å²) in [5, 5.41) is 2.40. The van der Waals surface area contributed by atoms with E-state index in [1.165, 1.54) is 0 Å². The summed E-state index contributed by atoms with van der Waals surface area (Å²) in [6, 6.07) is -0.534. The van der Waals surface area contributed by atoms with Crippen molar-refractivity contribution in [3.05, 3.63) is 0 Å². The average molecular weight is 168 g/mol. The van der Waals surface area contributed by atoms with E-state index < -0.39 is 6.03 Å². The highest BCUT2D eigenvalue weighted by molar-refractivity contribution is 5.85. The van der Waals surface area contributed by atoms with Crippen LogP contribution >= 0.6 is 12.4 Å². The summed E-state index contributed by atoms with van der Waals surface area (Å²) < 4.78 is 0. The van der Waals surface area contributed by atoms with E-state index in [9.17, 15) is 4.79 Å². The van der Waals surface area contributed by atoms with Crippen LogP contribution in [0.3, 0.4) is 0 Å². The maximum atomic E-state index is 10.1. The minimum Gasteiger partial charge on any atom is -0.352 e. The largest absolute Gasteiger partial charge is 0.352 e. The highest BCUT2D eigenvalue weighted by Gasteiger charge is 2.09. The van der Waals surface area contributed by atoms with Gasteiger partial charge in [0, 0.05) is 12.1 Å². The molecule has 10 heavy (non-hydrogen) atoms. The third-order valence-electron chi connectivity index (χ3n) is 0.718. The molecule has 0 heterocycles. The first-order valence-corrected chi connectivity index (χ1v) is 2.74. The fourth-order valence-electron chi connectivity index (χ4n) is 0.315. The summed E-state index contributed by atoms with van der Waals surface area (Å²) in [6.07, 6.45) is 0. The van der Waals surface area contributed by atoms with Gasteiger partial charge in [-0.2, -0.15) is 0 Å². The van der Waals surface area contributed by atoms with Gasteiger partial charge in [-0.05, 0) is 13.8 Å². The Morgan fingerprint density at radius 2 is 2.00 bits per heavy atom. The van der Waals surface area contributed by atoms with Crippen molar-refractivity contribution < 1.29 is 4.79 Å². The fourth-order valence-corrected chi connectivity index (χ4v) is 0.315. The second-order valence-corrected chi connectivity index (χ2v) is 2.71. The van der Waals surface area contributed by atoms with Gasteiger partial charge < -0.3 is 16.8 Å². The zero-order valence-corrected chi connectivity index (χ0v) is 6.99. The van der Waals surface area contributed by atoms with E-state index in [0.717, 1.165) is 0 Å². The number of primary amides is 1. The van der Waals surface area contributed by atoms with Gasteiger partial charge in [-0.3, -0.25) is 0 Å². The molecule has 0 atom stereocenters. The van der Waals surface area contributed by atoms with Gasteiger partial charge in [-0.1, -0.05) is 0 Å². The van der Waals surface area contributed by atoms with Crippen LogP contribution in [-0.4, -0.2) is 18.1 Å². The van der Waals surface area contributed by atoms with Crippen molar-refractivity contribution in [3.63, 3.8) is 0 Å². The first-order valence-electron chi connectivity index (χ1n) is 2.74. The van der Waals surface area contributed by atoms with Crippen LogP contribution < -0.4 is 16.8 Å². The Morgan fingerprint density at radius 3 is 2.10 bits per heavy atom. The minimum absolute atomic E-state index is 0. The van der Waals surface area contributed by atoms with Crippen molar-refractivity contribution in [2.75, 3.05) is 6.54 Å². The lowest BCUT2D eigenvalue weighted by molar-refractivity contribution is 0.246. The van der Waals surface area contributed by atoms with Gasteiger partial charge in [0.05, 0.1) is 0 Å². The van der Waals surface area contributed by atoms with Crippen molar-refractivity contribution in [1.29, 1.82) is 0 Å². The molecule has 0 aliphatic heterocycles. The summed E-state index contributed by atoms with van der Waals surface area (Å²) in [5.74, 6) is 0. The highest BCUT2D eigenvalue weighted by atomic mass is 35.5. The Balaban J connectivity index is 0. The van der Waals surface area contributed by atoms with E-state index in [4.69, 9.17) is 11.5 Å². The molecule has 0 radical (unpaired) electrons. The molecule has 0 aromatic carbocycles. The van der Waals surface area contributed by atoms with Crippen LogP contribution in [0, 0.1) is 0 Å². The maximum absolute atomic E-state index is 10.1. The van der Waals surface area contributed by atoms with Crippen LogP contribution in [0.25, 0.3) is 0 Å². The zero-order chi connectivity index (χ0) is 7.49. The standard InChI is InChI=1S/C5H13N3O.ClH/c1-5(2,7)3-8-4(6)9;/h3,7H2,1-2H3,(H3,6,8,9);1H. The van der Waals surface area contributed by atoms with Crippen molar-refractivity contribution in [3.8, 4) is 0 Å². The monoisotopic (exact) mass is 167 g/mol. The number of urea groups is 1. The predicted molar refractivity (Wildman–Crippen MR) is 43.1 cm³/mol. The molecule has 62 valence electrons. The summed E-state index contributed by atoms with van der Waals surface area (Å²) in [6.45, 7) is 4.02. The molecule has 0 rings (SSSR count). The topological polar surface area (TPSA) is 81.1 Å². The molecule has 0 bridgehead atoms. The Labute approximate surface area is 66.7 Å². The number of nitrogens with two attached hydrogens (primary N) is 2. The molecule has 0 fully saturated rings. The van der Waals surface area contributed by atoms with Gasteiger partial charge in [-0.25, -0.2) is 4.79 Å². The van der Waals surface area contributed by atoms with Crippen LogP contribution in [0.15, 0.2) is 0 Å². The first-order chi connectivity index (χ1) is 3.92. The lowest BCUT2D eigenvalue weighted by atomic mass is 10.1. The van der Waals surface area contributed by atoms with Gasteiger partial charge >= 0.3 is 6.03 Å². The van der Waals surface area contributed by atoms with E-state index in [0.29, 0.717) is 6.54 Å². The number of carbonyl (C=O) groups is 1. The second kappa shape index (κ2) is 4.35. The van der Waals surface area contributed by atoms with E-state index >= 15 is 0 Å². The van der Waals surface area contributed by atoms with E-state index in [1.54, 1.807) is 0 Å². The average Bonchev–Trinajstić information content (AvgIpc) is 1.59. The molecule has 5 heteroatoms. The van der Waals surface area contributed by atoms with Crippen LogP contribution in [-0.2, 0) is 0 Å². The molecule has 0 unspecified atom stereocenters. The number of hydrogen-bond donors (Lipinski definition) is 3. The number of rotatable bonds is 2. The van der Waals surface area contributed by atoms with Crippen LogP contribution in [0.4, 0.5) is 4.79 Å². The molecule has 0 saturated heterocycles. The van der Waals surface area contributed by atoms with Gasteiger partial charge in [0.25, 0.3) is 0 Å². The van der Waals surface area contributed by atoms with E-state index in [-0.39, 0.29) is 17.9 Å². The third-order valence-corrected chi connectivity index (χ3v) is 0.718. The molecule has 4 nitrogen and oxygen atoms in total. The predicted octanol–water partition coefficient (Wildman–Crippen LogP) is -0.186. The van der Waals surface area contributed by atoms with Crippen molar-refractivity contribution in [2.24, 2.45) is 11.5 Å². The van der Waals surface area contributed by atoms with Gasteiger partial charge in [-0.15, -0.1) is 12.4 Å². The van der Waals surface area contributed by atoms with Crippen molar-refractivity contribution >= 4 is 18.4 Å². The Bertz CT molecular complexity index is 110. The van der Waals surface area contributed by atoms with Crippen molar-refractivity contribution in [2.45, 2.75) is 19.4 Å². The first kappa shape index (κ1) is 12.2. The molecule has 0 aromatic heterocycles. The van der Waals surface area contributed by atoms with Crippen molar-refractivity contribution in [1.82, 2.24) is 5.32 Å². The molecule has 0 aromatic rings. The number of amides is 2. The van der Waals surface area contributed by atoms with Crippen LogP contribution in [0.2, 0.25) is 0 Å². The molecular formula is C5H14ClN3O. The lowest BCUT2D eigenvalue weighted by Gasteiger charge is -2.17. The van der Waals surface area contributed by atoms with Crippen LogP contribution in [0.5, 0.6) is 0 Å². The molecule has 0 aliphatic carbocycles. The summed E-state index contributed by atoms with van der Waals surface area (Å²) in [5.41, 5.74) is 9.93. The molecule has 0 spiro atoms. The zero-order valence-electron chi connectivity index (χ0n) is 6.18. The maximum Gasteiger partial charge on any atom is 0.312 e. The number of hydrogen-bond acceptors (Lipinski definition) is 2. The second-order valence-electron chi connectivity index (χ2n) is 2.71. The van der Waals surface area contributed by atoms with Gasteiger partial charge in [0.2, 0.25) is 0 Å². The molecule has 0 aliphatic rings. The molecular weight excluding hydrogens is 154 g/mol. The lowest BCUT2D eigenvalue weighted by Crippen LogP contribution is -2.46. The Kier molecular flexibility index (Phi) is 5.32. The summed E-state index contributed by atoms with van der Waals surface area (Å²) in [4.78, 5) is 10.1. The molecule has 5 N–H and O–H groups in total. The van der Waals surface area contributed by atoms with Gasteiger partial charge in [0.15, 0.2) is 0 Å². The van der Waals surface area contributed by atoms with Gasteiger partial charge in [0.1, 0.15) is 0 Å².